The highest BCUT2D eigenvalue weighted by Crippen LogP contribution is 2.28. The smallest absolute Gasteiger partial charge is 0.333 e. The fourth-order valence-electron chi connectivity index (χ4n) is 3.66. The topological polar surface area (TPSA) is 76.2 Å². The second-order valence-corrected chi connectivity index (χ2v) is 6.98. The predicted octanol–water partition coefficient (Wildman–Crippen LogP) is 3.62. The molecule has 140 valence electrons. The van der Waals surface area contributed by atoms with E-state index in [9.17, 15) is 10.1 Å². The zero-order chi connectivity index (χ0) is 18.5. The largest absolute Gasteiger partial charge is 0.360 e. The van der Waals surface area contributed by atoms with E-state index in [1.54, 1.807) is 18.7 Å². The molecule has 1 aliphatic heterocycles. The fraction of sp³-hybridized carbons (Fsp3) is 0.526. The van der Waals surface area contributed by atoms with Crippen molar-refractivity contribution in [3.63, 3.8) is 0 Å². The Morgan fingerprint density at radius 1 is 1.15 bits per heavy atom. The molecule has 2 aromatic rings. The van der Waals surface area contributed by atoms with Gasteiger partial charge in [0.1, 0.15) is 5.69 Å². The van der Waals surface area contributed by atoms with Crippen LogP contribution in [0.25, 0.3) is 0 Å². The molecule has 0 unspecified atom stereocenters. The maximum Gasteiger partial charge on any atom is 0.333 e. The number of benzene rings is 1. The van der Waals surface area contributed by atoms with E-state index in [1.165, 1.54) is 36.8 Å². The molecule has 1 aromatic carbocycles. The van der Waals surface area contributed by atoms with Crippen LogP contribution in [0.1, 0.15) is 42.5 Å². The van der Waals surface area contributed by atoms with E-state index in [1.807, 2.05) is 6.07 Å². The highest BCUT2D eigenvalue weighted by atomic mass is 16.6. The van der Waals surface area contributed by atoms with E-state index in [0.717, 1.165) is 19.6 Å². The summed E-state index contributed by atoms with van der Waals surface area (Å²) in [6, 6.07) is 8.33. The van der Waals surface area contributed by atoms with Crippen molar-refractivity contribution >= 4 is 11.5 Å². The van der Waals surface area contributed by atoms with Gasteiger partial charge >= 0.3 is 5.69 Å². The normalized spacial score (nSPS) is 15.6. The van der Waals surface area contributed by atoms with Crippen molar-refractivity contribution in [2.24, 2.45) is 7.05 Å². The van der Waals surface area contributed by atoms with E-state index in [4.69, 9.17) is 0 Å². The first-order valence-corrected chi connectivity index (χ1v) is 9.27. The first-order chi connectivity index (χ1) is 12.6. The van der Waals surface area contributed by atoms with Crippen LogP contribution in [0, 0.1) is 17.0 Å². The van der Waals surface area contributed by atoms with Crippen LogP contribution in [0.15, 0.2) is 24.3 Å². The third-order valence-electron chi connectivity index (χ3n) is 5.03. The molecule has 1 saturated heterocycles. The van der Waals surface area contributed by atoms with Gasteiger partial charge in [0.25, 0.3) is 0 Å². The van der Waals surface area contributed by atoms with Crippen LogP contribution in [-0.2, 0) is 20.1 Å². The molecule has 2 heterocycles. The van der Waals surface area contributed by atoms with E-state index in [-0.39, 0.29) is 10.6 Å². The summed E-state index contributed by atoms with van der Waals surface area (Å²) < 4.78 is 1.55. The Balaban J connectivity index is 1.74. The molecular weight excluding hydrogens is 330 g/mol. The Kier molecular flexibility index (Phi) is 5.88. The minimum Gasteiger partial charge on any atom is -0.360 e. The summed E-state index contributed by atoms with van der Waals surface area (Å²) in [4.78, 5) is 13.5. The highest BCUT2D eigenvalue weighted by Gasteiger charge is 2.23. The molecule has 0 aliphatic carbocycles. The van der Waals surface area contributed by atoms with Gasteiger partial charge in [-0.1, -0.05) is 37.1 Å². The summed E-state index contributed by atoms with van der Waals surface area (Å²) in [6.45, 7) is 5.44. The average Bonchev–Trinajstić information content (AvgIpc) is 2.77. The molecule has 7 nitrogen and oxygen atoms in total. The van der Waals surface area contributed by atoms with E-state index in [0.29, 0.717) is 18.1 Å². The number of nitro groups is 1. The minimum atomic E-state index is -0.367. The summed E-state index contributed by atoms with van der Waals surface area (Å²) in [5.74, 6) is 0.456. The first kappa shape index (κ1) is 18.4. The number of nitrogens with one attached hydrogen (secondary N) is 1. The van der Waals surface area contributed by atoms with Crippen molar-refractivity contribution in [1.82, 2.24) is 14.7 Å². The van der Waals surface area contributed by atoms with Gasteiger partial charge in [0.15, 0.2) is 0 Å². The summed E-state index contributed by atoms with van der Waals surface area (Å²) in [7, 11) is 1.73. The van der Waals surface area contributed by atoms with Crippen molar-refractivity contribution in [3.8, 4) is 0 Å². The van der Waals surface area contributed by atoms with E-state index >= 15 is 0 Å². The van der Waals surface area contributed by atoms with E-state index < -0.39 is 0 Å². The molecule has 0 bridgehead atoms. The highest BCUT2D eigenvalue weighted by molar-refractivity contribution is 5.59. The van der Waals surface area contributed by atoms with Crippen LogP contribution in [0.2, 0.25) is 0 Å². The maximum atomic E-state index is 11.3. The van der Waals surface area contributed by atoms with Crippen molar-refractivity contribution in [3.05, 3.63) is 51.2 Å². The molecule has 1 aromatic heterocycles. The lowest BCUT2D eigenvalue weighted by atomic mass is 10.1. The van der Waals surface area contributed by atoms with Gasteiger partial charge in [-0.25, -0.2) is 4.68 Å². The van der Waals surface area contributed by atoms with Gasteiger partial charge in [0.2, 0.25) is 5.82 Å². The number of anilines is 1. The fourth-order valence-corrected chi connectivity index (χ4v) is 3.66. The molecule has 0 saturated carbocycles. The van der Waals surface area contributed by atoms with Gasteiger partial charge in [-0.2, -0.15) is 5.10 Å². The summed E-state index contributed by atoms with van der Waals surface area (Å²) in [5.41, 5.74) is 2.93. The molecular formula is C19H27N5O2. The Labute approximate surface area is 154 Å². The molecule has 0 radical (unpaired) electrons. The molecule has 1 fully saturated rings. The number of aromatic nitrogens is 2. The van der Waals surface area contributed by atoms with Crippen molar-refractivity contribution in [2.75, 3.05) is 18.4 Å². The van der Waals surface area contributed by atoms with Gasteiger partial charge in [-0.15, -0.1) is 0 Å². The molecule has 7 heteroatoms. The maximum absolute atomic E-state index is 11.3. The van der Waals surface area contributed by atoms with Gasteiger partial charge in [-0.05, 0) is 44.0 Å². The molecule has 26 heavy (non-hydrogen) atoms. The standard InChI is InChI=1S/C19H27N5O2/c1-15-18(24(25)26)19(22(2)21-15)20-13-16-9-5-6-10-17(16)14-23-11-7-3-4-8-12-23/h5-6,9-10,20H,3-4,7-8,11-14H2,1-2H3. The van der Waals surface area contributed by atoms with Crippen LogP contribution in [0.4, 0.5) is 11.5 Å². The predicted molar refractivity (Wildman–Crippen MR) is 102 cm³/mol. The Hall–Kier alpha value is -2.41. The SMILES string of the molecule is Cc1nn(C)c(NCc2ccccc2CN2CCCCCC2)c1[N+](=O)[O-]. The molecule has 0 atom stereocenters. The zero-order valence-electron chi connectivity index (χ0n) is 15.6. The Morgan fingerprint density at radius 3 is 2.46 bits per heavy atom. The number of aryl methyl sites for hydroxylation is 2. The summed E-state index contributed by atoms with van der Waals surface area (Å²) in [6.07, 6.45) is 5.17. The molecule has 3 rings (SSSR count). The van der Waals surface area contributed by atoms with Crippen molar-refractivity contribution < 1.29 is 4.92 Å². The lowest BCUT2D eigenvalue weighted by Crippen LogP contribution is -2.24. The lowest BCUT2D eigenvalue weighted by molar-refractivity contribution is -0.384. The number of rotatable bonds is 6. The molecule has 0 spiro atoms. The second-order valence-electron chi connectivity index (χ2n) is 6.98. The average molecular weight is 357 g/mol. The summed E-state index contributed by atoms with van der Waals surface area (Å²) in [5, 5.41) is 18.7. The zero-order valence-corrected chi connectivity index (χ0v) is 15.6. The molecule has 1 aliphatic rings. The van der Waals surface area contributed by atoms with Crippen LogP contribution in [-0.4, -0.2) is 32.7 Å². The van der Waals surface area contributed by atoms with Crippen molar-refractivity contribution in [2.45, 2.75) is 45.7 Å². The van der Waals surface area contributed by atoms with Crippen LogP contribution in [0.3, 0.4) is 0 Å². The summed E-state index contributed by atoms with van der Waals surface area (Å²) >= 11 is 0. The van der Waals surface area contributed by atoms with Crippen LogP contribution < -0.4 is 5.32 Å². The van der Waals surface area contributed by atoms with Gasteiger partial charge < -0.3 is 5.32 Å². The lowest BCUT2D eigenvalue weighted by Gasteiger charge is -2.21. The monoisotopic (exact) mass is 357 g/mol. The molecule has 1 N–H and O–H groups in total. The minimum absolute atomic E-state index is 0.0532. The van der Waals surface area contributed by atoms with Crippen LogP contribution in [0.5, 0.6) is 0 Å². The molecule has 0 amide bonds. The van der Waals surface area contributed by atoms with E-state index in [2.05, 4.69) is 33.5 Å². The number of hydrogen-bond donors (Lipinski definition) is 1. The quantitative estimate of drug-likeness (QED) is 0.631. The van der Waals surface area contributed by atoms with Crippen LogP contribution >= 0.6 is 0 Å². The Morgan fingerprint density at radius 2 is 1.81 bits per heavy atom. The van der Waals surface area contributed by atoms with Gasteiger partial charge in [0, 0.05) is 20.1 Å². The number of hydrogen-bond acceptors (Lipinski definition) is 5. The second kappa shape index (κ2) is 8.31. The Bertz CT molecular complexity index is 763. The first-order valence-electron chi connectivity index (χ1n) is 9.27. The van der Waals surface area contributed by atoms with Crippen molar-refractivity contribution in [1.29, 1.82) is 0 Å². The number of nitrogens with zero attached hydrogens (tertiary/aromatic N) is 4. The third-order valence-corrected chi connectivity index (χ3v) is 5.03. The van der Waals surface area contributed by atoms with Gasteiger partial charge in [0.05, 0.1) is 4.92 Å². The number of likely N-dealkylation sites (tertiary alicyclic amines) is 1. The third kappa shape index (κ3) is 4.22. The van der Waals surface area contributed by atoms with Gasteiger partial charge in [-0.3, -0.25) is 15.0 Å².